The number of carbonyl (C=O) groups excluding carboxylic acids is 1. The number of aromatic nitrogens is 2. The quantitative estimate of drug-likeness (QED) is 0.821. The lowest BCUT2D eigenvalue weighted by molar-refractivity contribution is -0.133. The van der Waals surface area contributed by atoms with E-state index in [-0.39, 0.29) is 12.5 Å². The molecule has 1 saturated heterocycles. The molecule has 0 spiro atoms. The van der Waals surface area contributed by atoms with E-state index in [2.05, 4.69) is 14.9 Å². The lowest BCUT2D eigenvalue weighted by Gasteiger charge is -2.35. The van der Waals surface area contributed by atoms with Crippen molar-refractivity contribution in [2.24, 2.45) is 0 Å². The van der Waals surface area contributed by atoms with Crippen molar-refractivity contribution in [1.82, 2.24) is 14.9 Å². The Balaban J connectivity index is 1.52. The van der Waals surface area contributed by atoms with Crippen molar-refractivity contribution in [1.29, 1.82) is 0 Å². The van der Waals surface area contributed by atoms with Gasteiger partial charge in [0.15, 0.2) is 18.1 Å². The standard InChI is InChI=1S/C18H22N4O3/c1-14-3-4-15(16(11-14)24-2)25-13-18(23)22-9-7-21(8-10-22)17-12-19-5-6-20-17/h3-6,11-12H,7-10,13H2,1-2H3. The van der Waals surface area contributed by atoms with Gasteiger partial charge in [-0.15, -0.1) is 0 Å². The fourth-order valence-corrected chi connectivity index (χ4v) is 2.76. The number of aryl methyl sites for hydroxylation is 1. The first-order valence-corrected chi connectivity index (χ1v) is 8.23. The Morgan fingerprint density at radius 3 is 2.64 bits per heavy atom. The molecule has 7 nitrogen and oxygen atoms in total. The van der Waals surface area contributed by atoms with Crippen molar-refractivity contribution in [3.63, 3.8) is 0 Å². The summed E-state index contributed by atoms with van der Waals surface area (Å²) >= 11 is 0. The normalized spacial score (nSPS) is 14.3. The van der Waals surface area contributed by atoms with Crippen LogP contribution in [0.3, 0.4) is 0 Å². The average molecular weight is 342 g/mol. The molecule has 1 aliphatic rings. The van der Waals surface area contributed by atoms with Crippen LogP contribution >= 0.6 is 0 Å². The summed E-state index contributed by atoms with van der Waals surface area (Å²) in [6.07, 6.45) is 5.07. The average Bonchev–Trinajstić information content (AvgIpc) is 2.67. The highest BCUT2D eigenvalue weighted by molar-refractivity contribution is 5.78. The van der Waals surface area contributed by atoms with Gasteiger partial charge in [0.2, 0.25) is 0 Å². The van der Waals surface area contributed by atoms with E-state index in [0.717, 1.165) is 24.5 Å². The zero-order chi connectivity index (χ0) is 17.6. The van der Waals surface area contributed by atoms with Crippen LogP contribution in [0, 0.1) is 6.92 Å². The molecule has 0 saturated carbocycles. The van der Waals surface area contributed by atoms with Crippen molar-refractivity contribution in [2.45, 2.75) is 6.92 Å². The number of hydrogen-bond acceptors (Lipinski definition) is 6. The Morgan fingerprint density at radius 1 is 1.16 bits per heavy atom. The van der Waals surface area contributed by atoms with Crippen molar-refractivity contribution in [2.75, 3.05) is 44.8 Å². The topological polar surface area (TPSA) is 67.8 Å². The summed E-state index contributed by atoms with van der Waals surface area (Å²) in [6.45, 7) is 4.74. The van der Waals surface area contributed by atoms with Crippen molar-refractivity contribution < 1.29 is 14.3 Å². The Bertz CT molecular complexity index is 716. The molecule has 0 aliphatic carbocycles. The first-order valence-electron chi connectivity index (χ1n) is 8.23. The molecular weight excluding hydrogens is 320 g/mol. The van der Waals surface area contributed by atoms with Gasteiger partial charge in [0.05, 0.1) is 13.3 Å². The van der Waals surface area contributed by atoms with Gasteiger partial charge in [-0.05, 0) is 24.6 Å². The van der Waals surface area contributed by atoms with E-state index in [0.29, 0.717) is 24.6 Å². The van der Waals surface area contributed by atoms with Crippen LogP contribution in [0.15, 0.2) is 36.8 Å². The summed E-state index contributed by atoms with van der Waals surface area (Å²) in [5, 5.41) is 0. The van der Waals surface area contributed by atoms with Gasteiger partial charge in [0.25, 0.3) is 5.91 Å². The van der Waals surface area contributed by atoms with Crippen LogP contribution in [0.4, 0.5) is 5.82 Å². The highest BCUT2D eigenvalue weighted by Gasteiger charge is 2.22. The Kier molecular flexibility index (Phi) is 5.33. The third-order valence-corrected chi connectivity index (χ3v) is 4.18. The molecule has 132 valence electrons. The minimum absolute atomic E-state index is 0.00453. The monoisotopic (exact) mass is 342 g/mol. The summed E-state index contributed by atoms with van der Waals surface area (Å²) in [5.41, 5.74) is 1.08. The number of anilines is 1. The molecule has 1 aromatic heterocycles. The fourth-order valence-electron chi connectivity index (χ4n) is 2.76. The van der Waals surface area contributed by atoms with Gasteiger partial charge in [-0.3, -0.25) is 9.78 Å². The summed E-state index contributed by atoms with van der Waals surface area (Å²) in [4.78, 5) is 24.7. The Morgan fingerprint density at radius 2 is 1.96 bits per heavy atom. The van der Waals surface area contributed by atoms with Crippen molar-refractivity contribution in [3.05, 3.63) is 42.4 Å². The third kappa shape index (κ3) is 4.17. The van der Waals surface area contributed by atoms with Gasteiger partial charge in [0.1, 0.15) is 5.82 Å². The number of ether oxygens (including phenoxy) is 2. The van der Waals surface area contributed by atoms with E-state index >= 15 is 0 Å². The number of hydrogen-bond donors (Lipinski definition) is 0. The minimum atomic E-state index is -0.0265. The number of amides is 1. The van der Waals surface area contributed by atoms with Gasteiger partial charge >= 0.3 is 0 Å². The molecule has 0 atom stereocenters. The van der Waals surface area contributed by atoms with E-state index in [1.165, 1.54) is 0 Å². The number of nitrogens with zero attached hydrogens (tertiary/aromatic N) is 4. The fraction of sp³-hybridized carbons (Fsp3) is 0.389. The first-order chi connectivity index (χ1) is 12.2. The molecule has 0 radical (unpaired) electrons. The van der Waals surface area contributed by atoms with Crippen molar-refractivity contribution in [3.8, 4) is 11.5 Å². The number of carbonyl (C=O) groups is 1. The summed E-state index contributed by atoms with van der Waals surface area (Å²) in [6, 6.07) is 5.65. The number of piperazine rings is 1. The molecule has 0 bridgehead atoms. The first kappa shape index (κ1) is 17.0. The van der Waals surface area contributed by atoms with Gasteiger partial charge in [0, 0.05) is 38.6 Å². The molecule has 3 rings (SSSR count). The van der Waals surface area contributed by atoms with Gasteiger partial charge in [-0.2, -0.15) is 0 Å². The predicted molar refractivity (Wildman–Crippen MR) is 94.1 cm³/mol. The van der Waals surface area contributed by atoms with Crippen LogP contribution in [-0.4, -0.2) is 60.7 Å². The summed E-state index contributed by atoms with van der Waals surface area (Å²) < 4.78 is 11.0. The van der Waals surface area contributed by atoms with Crippen LogP contribution in [0.2, 0.25) is 0 Å². The zero-order valence-electron chi connectivity index (χ0n) is 14.5. The maximum atomic E-state index is 12.4. The molecule has 2 heterocycles. The van der Waals surface area contributed by atoms with E-state index in [1.807, 2.05) is 30.0 Å². The largest absolute Gasteiger partial charge is 0.493 e. The van der Waals surface area contributed by atoms with Crippen LogP contribution < -0.4 is 14.4 Å². The maximum Gasteiger partial charge on any atom is 0.260 e. The minimum Gasteiger partial charge on any atom is -0.493 e. The zero-order valence-corrected chi connectivity index (χ0v) is 14.5. The highest BCUT2D eigenvalue weighted by atomic mass is 16.5. The van der Waals surface area contributed by atoms with Gasteiger partial charge in [-0.1, -0.05) is 6.07 Å². The third-order valence-electron chi connectivity index (χ3n) is 4.18. The number of rotatable bonds is 5. The number of methoxy groups -OCH3 is 1. The Hall–Kier alpha value is -2.83. The second-order valence-corrected chi connectivity index (χ2v) is 5.87. The van der Waals surface area contributed by atoms with E-state index in [1.54, 1.807) is 25.7 Å². The molecule has 25 heavy (non-hydrogen) atoms. The van der Waals surface area contributed by atoms with Gasteiger partial charge < -0.3 is 19.3 Å². The van der Waals surface area contributed by atoms with Crippen LogP contribution in [0.5, 0.6) is 11.5 Å². The molecule has 1 aromatic carbocycles. The van der Waals surface area contributed by atoms with Gasteiger partial charge in [-0.25, -0.2) is 4.98 Å². The molecule has 7 heteroatoms. The molecule has 1 amide bonds. The molecule has 1 aliphatic heterocycles. The summed E-state index contributed by atoms with van der Waals surface area (Å²) in [7, 11) is 1.59. The number of benzene rings is 1. The molecule has 1 fully saturated rings. The van der Waals surface area contributed by atoms with E-state index < -0.39 is 0 Å². The van der Waals surface area contributed by atoms with E-state index in [9.17, 15) is 4.79 Å². The molecular formula is C18H22N4O3. The van der Waals surface area contributed by atoms with E-state index in [4.69, 9.17) is 9.47 Å². The SMILES string of the molecule is COc1cc(C)ccc1OCC(=O)N1CCN(c2cnccn2)CC1. The van der Waals surface area contributed by atoms with Crippen LogP contribution in [0.25, 0.3) is 0 Å². The molecule has 2 aromatic rings. The molecule has 0 unspecified atom stereocenters. The smallest absolute Gasteiger partial charge is 0.260 e. The molecule has 0 N–H and O–H groups in total. The summed E-state index contributed by atoms with van der Waals surface area (Å²) in [5.74, 6) is 2.04. The maximum absolute atomic E-state index is 12.4. The van der Waals surface area contributed by atoms with Crippen molar-refractivity contribution >= 4 is 11.7 Å². The highest BCUT2D eigenvalue weighted by Crippen LogP contribution is 2.27. The second kappa shape index (κ2) is 7.83. The van der Waals surface area contributed by atoms with Crippen LogP contribution in [-0.2, 0) is 4.79 Å². The predicted octanol–water partition coefficient (Wildman–Crippen LogP) is 1.52. The lowest BCUT2D eigenvalue weighted by atomic mass is 10.2. The second-order valence-electron chi connectivity index (χ2n) is 5.87. The lowest BCUT2D eigenvalue weighted by Crippen LogP contribution is -2.50. The Labute approximate surface area is 147 Å². The van der Waals surface area contributed by atoms with Crippen LogP contribution in [0.1, 0.15) is 5.56 Å².